The zero-order valence-corrected chi connectivity index (χ0v) is 14.0. The number of methoxy groups -OCH3 is 1. The summed E-state index contributed by atoms with van der Waals surface area (Å²) in [6, 6.07) is 0. The molecule has 19 heavy (non-hydrogen) atoms. The molecule has 108 valence electrons. The van der Waals surface area contributed by atoms with Gasteiger partial charge in [0.15, 0.2) is 0 Å². The molecule has 2 rings (SSSR count). The SMILES string of the molecule is CCn1nc(C)c(Br)c1CN1CCCC(C)(OC)C1. The number of likely N-dealkylation sites (tertiary alicyclic amines) is 1. The molecule has 1 aromatic rings. The van der Waals surface area contributed by atoms with Gasteiger partial charge in [0.25, 0.3) is 0 Å². The molecule has 0 saturated carbocycles. The summed E-state index contributed by atoms with van der Waals surface area (Å²) < 4.78 is 8.91. The molecule has 0 radical (unpaired) electrons. The highest BCUT2D eigenvalue weighted by atomic mass is 79.9. The van der Waals surface area contributed by atoms with E-state index in [1.807, 2.05) is 7.11 Å². The van der Waals surface area contributed by atoms with Crippen LogP contribution in [0.1, 0.15) is 38.1 Å². The first-order chi connectivity index (χ1) is 8.99. The fraction of sp³-hybridized carbons (Fsp3) is 0.786. The van der Waals surface area contributed by atoms with Crippen molar-refractivity contribution in [2.45, 2.75) is 52.3 Å². The third-order valence-corrected chi connectivity index (χ3v) is 5.09. The van der Waals surface area contributed by atoms with Crippen LogP contribution in [0.2, 0.25) is 0 Å². The van der Waals surface area contributed by atoms with E-state index in [-0.39, 0.29) is 5.60 Å². The number of aromatic nitrogens is 2. The Labute approximate surface area is 124 Å². The second-order valence-corrected chi connectivity index (χ2v) is 6.42. The maximum atomic E-state index is 5.66. The zero-order valence-electron chi connectivity index (χ0n) is 12.4. The number of hydrogen-bond acceptors (Lipinski definition) is 3. The molecular weight excluding hydrogens is 306 g/mol. The van der Waals surface area contributed by atoms with Gasteiger partial charge in [0.05, 0.1) is 21.5 Å². The van der Waals surface area contributed by atoms with Crippen LogP contribution in [0.25, 0.3) is 0 Å². The number of hydrogen-bond donors (Lipinski definition) is 0. The van der Waals surface area contributed by atoms with E-state index in [4.69, 9.17) is 4.74 Å². The molecule has 0 aromatic carbocycles. The largest absolute Gasteiger partial charge is 0.377 e. The smallest absolute Gasteiger partial charge is 0.0777 e. The van der Waals surface area contributed by atoms with Gasteiger partial charge >= 0.3 is 0 Å². The lowest BCUT2D eigenvalue weighted by molar-refractivity contribution is -0.0532. The van der Waals surface area contributed by atoms with E-state index in [9.17, 15) is 0 Å². The molecule has 1 saturated heterocycles. The molecule has 0 amide bonds. The fourth-order valence-electron chi connectivity index (χ4n) is 2.84. The van der Waals surface area contributed by atoms with Gasteiger partial charge in [-0.05, 0) is 56.1 Å². The van der Waals surface area contributed by atoms with Gasteiger partial charge in [-0.1, -0.05) is 0 Å². The van der Waals surface area contributed by atoms with Crippen LogP contribution in [-0.4, -0.2) is 40.5 Å². The van der Waals surface area contributed by atoms with Crippen molar-refractivity contribution in [3.8, 4) is 0 Å². The van der Waals surface area contributed by atoms with E-state index >= 15 is 0 Å². The lowest BCUT2D eigenvalue weighted by Crippen LogP contribution is -2.47. The maximum Gasteiger partial charge on any atom is 0.0777 e. The quantitative estimate of drug-likeness (QED) is 0.850. The molecular formula is C14H24BrN3O. The number of aryl methyl sites for hydroxylation is 2. The third kappa shape index (κ3) is 3.20. The Hall–Kier alpha value is -0.390. The second kappa shape index (κ2) is 5.94. The van der Waals surface area contributed by atoms with Crippen LogP contribution in [0.4, 0.5) is 0 Å². The van der Waals surface area contributed by atoms with Gasteiger partial charge in [-0.25, -0.2) is 0 Å². The predicted molar refractivity (Wildman–Crippen MR) is 80.3 cm³/mol. The van der Waals surface area contributed by atoms with Crippen molar-refractivity contribution in [3.05, 3.63) is 15.9 Å². The van der Waals surface area contributed by atoms with E-state index in [1.165, 1.54) is 12.1 Å². The highest BCUT2D eigenvalue weighted by Crippen LogP contribution is 2.28. The molecule has 0 aliphatic carbocycles. The van der Waals surface area contributed by atoms with Crippen LogP contribution in [-0.2, 0) is 17.8 Å². The van der Waals surface area contributed by atoms with Crippen LogP contribution in [0, 0.1) is 6.92 Å². The van der Waals surface area contributed by atoms with Crippen molar-refractivity contribution in [2.75, 3.05) is 20.2 Å². The average Bonchev–Trinajstić information content (AvgIpc) is 2.67. The molecule has 1 aromatic heterocycles. The molecule has 1 atom stereocenters. The van der Waals surface area contributed by atoms with Crippen LogP contribution < -0.4 is 0 Å². The Morgan fingerprint density at radius 1 is 1.47 bits per heavy atom. The first-order valence-corrected chi connectivity index (χ1v) is 7.77. The van der Waals surface area contributed by atoms with Gasteiger partial charge in [0.1, 0.15) is 0 Å². The number of ether oxygens (including phenoxy) is 1. The fourth-order valence-corrected chi connectivity index (χ4v) is 3.25. The van der Waals surface area contributed by atoms with Gasteiger partial charge in [-0.3, -0.25) is 9.58 Å². The van der Waals surface area contributed by atoms with E-state index < -0.39 is 0 Å². The first kappa shape index (κ1) is 15.0. The molecule has 1 unspecified atom stereocenters. The number of piperidine rings is 1. The molecule has 5 heteroatoms. The topological polar surface area (TPSA) is 30.3 Å². The molecule has 4 nitrogen and oxygen atoms in total. The lowest BCUT2D eigenvalue weighted by atomic mass is 9.94. The van der Waals surface area contributed by atoms with Gasteiger partial charge in [0, 0.05) is 26.7 Å². The highest BCUT2D eigenvalue weighted by Gasteiger charge is 2.31. The minimum absolute atomic E-state index is 0.00314. The summed E-state index contributed by atoms with van der Waals surface area (Å²) in [7, 11) is 1.82. The Bertz CT molecular complexity index is 446. The second-order valence-electron chi connectivity index (χ2n) is 5.63. The van der Waals surface area contributed by atoms with Crippen LogP contribution >= 0.6 is 15.9 Å². The molecule has 1 aliphatic heterocycles. The molecule has 1 fully saturated rings. The molecule has 1 aliphatic rings. The Morgan fingerprint density at radius 3 is 2.84 bits per heavy atom. The summed E-state index contributed by atoms with van der Waals surface area (Å²) in [5.41, 5.74) is 2.35. The van der Waals surface area contributed by atoms with E-state index in [1.54, 1.807) is 0 Å². The third-order valence-electron chi connectivity index (χ3n) is 4.06. The van der Waals surface area contributed by atoms with Crippen molar-refractivity contribution in [1.82, 2.24) is 14.7 Å². The van der Waals surface area contributed by atoms with Gasteiger partial charge in [0.2, 0.25) is 0 Å². The Balaban J connectivity index is 2.13. The molecule has 0 bridgehead atoms. The summed E-state index contributed by atoms with van der Waals surface area (Å²) in [6.45, 7) is 10.4. The minimum Gasteiger partial charge on any atom is -0.377 e. The van der Waals surface area contributed by atoms with Crippen molar-refractivity contribution in [3.63, 3.8) is 0 Å². The molecule has 2 heterocycles. The van der Waals surface area contributed by atoms with Crippen LogP contribution in [0.5, 0.6) is 0 Å². The normalized spacial score (nSPS) is 24.9. The van der Waals surface area contributed by atoms with Gasteiger partial charge in [-0.2, -0.15) is 5.10 Å². The van der Waals surface area contributed by atoms with Crippen LogP contribution in [0.3, 0.4) is 0 Å². The Kier molecular flexibility index (Phi) is 4.69. The predicted octanol–water partition coefficient (Wildman–Crippen LogP) is 2.97. The van der Waals surface area contributed by atoms with Gasteiger partial charge < -0.3 is 4.74 Å². The summed E-state index contributed by atoms with van der Waals surface area (Å²) >= 11 is 3.67. The average molecular weight is 330 g/mol. The number of halogens is 1. The molecule has 0 N–H and O–H groups in total. The highest BCUT2D eigenvalue weighted by molar-refractivity contribution is 9.10. The number of nitrogens with zero attached hydrogens (tertiary/aromatic N) is 3. The summed E-state index contributed by atoms with van der Waals surface area (Å²) in [5, 5.41) is 4.56. The molecule has 0 spiro atoms. The standard InChI is InChI=1S/C14H24BrN3O/c1-5-18-12(13(15)11(2)16-18)9-17-8-6-7-14(3,10-17)19-4/h5-10H2,1-4H3. The van der Waals surface area contributed by atoms with Gasteiger partial charge in [-0.15, -0.1) is 0 Å². The first-order valence-electron chi connectivity index (χ1n) is 6.98. The maximum absolute atomic E-state index is 5.66. The number of rotatable bonds is 4. The van der Waals surface area contributed by atoms with Crippen molar-refractivity contribution in [1.29, 1.82) is 0 Å². The van der Waals surface area contributed by atoms with E-state index in [2.05, 4.69) is 51.4 Å². The van der Waals surface area contributed by atoms with Crippen molar-refractivity contribution >= 4 is 15.9 Å². The monoisotopic (exact) mass is 329 g/mol. The summed E-state index contributed by atoms with van der Waals surface area (Å²) in [5.74, 6) is 0. The van der Waals surface area contributed by atoms with Crippen molar-refractivity contribution < 1.29 is 4.74 Å². The summed E-state index contributed by atoms with van der Waals surface area (Å²) in [4.78, 5) is 2.47. The summed E-state index contributed by atoms with van der Waals surface area (Å²) in [6.07, 6.45) is 2.34. The van der Waals surface area contributed by atoms with Crippen molar-refractivity contribution in [2.24, 2.45) is 0 Å². The van der Waals surface area contributed by atoms with E-state index in [0.717, 1.165) is 42.8 Å². The minimum atomic E-state index is -0.00314. The Morgan fingerprint density at radius 2 is 2.21 bits per heavy atom. The zero-order chi connectivity index (χ0) is 14.0. The van der Waals surface area contributed by atoms with Crippen LogP contribution in [0.15, 0.2) is 4.47 Å². The van der Waals surface area contributed by atoms with E-state index in [0.29, 0.717) is 0 Å². The lowest BCUT2D eigenvalue weighted by Gasteiger charge is -2.39.